The summed E-state index contributed by atoms with van der Waals surface area (Å²) in [4.78, 5) is 22.4. The van der Waals surface area contributed by atoms with Gasteiger partial charge in [0.05, 0.1) is 18.1 Å². The lowest BCUT2D eigenvalue weighted by Gasteiger charge is -2.16. The predicted octanol–water partition coefficient (Wildman–Crippen LogP) is 2.71. The molecular weight excluding hydrogens is 370 g/mol. The lowest BCUT2D eigenvalue weighted by atomic mass is 10.2. The smallest absolute Gasteiger partial charge is 0.321 e. The number of benzene rings is 1. The van der Waals surface area contributed by atoms with Gasteiger partial charge in [-0.1, -0.05) is 6.08 Å². The highest BCUT2D eigenvalue weighted by atomic mass is 35.5. The number of nitrogens with zero attached hydrogens (tertiary/aromatic N) is 3. The van der Waals surface area contributed by atoms with E-state index < -0.39 is 12.0 Å². The summed E-state index contributed by atoms with van der Waals surface area (Å²) in [5.74, 6) is 0.319. The van der Waals surface area contributed by atoms with Crippen molar-refractivity contribution < 1.29 is 19.4 Å². The number of aliphatic carboxylic acids is 1. The Hall–Kier alpha value is -2.38. The molecule has 3 rings (SSSR count). The Morgan fingerprint density at radius 2 is 2.19 bits per heavy atom. The van der Waals surface area contributed by atoms with Crippen LogP contribution < -0.4 is 9.47 Å². The number of methoxy groups -OCH3 is 1. The van der Waals surface area contributed by atoms with Crippen molar-refractivity contribution >= 4 is 29.4 Å². The van der Waals surface area contributed by atoms with Crippen molar-refractivity contribution in [3.63, 3.8) is 0 Å². The number of aryl methyl sites for hydroxylation is 1. The van der Waals surface area contributed by atoms with Gasteiger partial charge in [0.25, 0.3) is 0 Å². The largest absolute Gasteiger partial charge is 0.497 e. The second-order valence-corrected chi connectivity index (χ2v) is 6.43. The van der Waals surface area contributed by atoms with Gasteiger partial charge < -0.3 is 14.6 Å². The molecule has 1 aliphatic heterocycles. The summed E-state index contributed by atoms with van der Waals surface area (Å²) < 4.78 is 11.3. The first-order chi connectivity index (χ1) is 12.5. The van der Waals surface area contributed by atoms with E-state index in [0.717, 1.165) is 17.6 Å². The van der Waals surface area contributed by atoms with Gasteiger partial charge in [-0.25, -0.2) is 9.97 Å². The molecule has 0 saturated carbocycles. The quantitative estimate of drug-likeness (QED) is 0.724. The zero-order chi connectivity index (χ0) is 18.7. The van der Waals surface area contributed by atoms with Crippen LogP contribution in [-0.4, -0.2) is 58.8 Å². The maximum atomic E-state index is 11.3. The predicted molar refractivity (Wildman–Crippen MR) is 105 cm³/mol. The summed E-state index contributed by atoms with van der Waals surface area (Å²) in [7, 11) is 3.39. The molecule has 0 bridgehead atoms. The van der Waals surface area contributed by atoms with Crippen molar-refractivity contribution in [2.75, 3.05) is 20.7 Å². The second-order valence-electron chi connectivity index (χ2n) is 6.43. The Labute approximate surface area is 164 Å². The van der Waals surface area contributed by atoms with Crippen molar-refractivity contribution in [2.24, 2.45) is 0 Å². The van der Waals surface area contributed by atoms with Crippen LogP contribution >= 0.6 is 12.4 Å². The number of allylic oxidation sites excluding steroid dienone is 1. The first-order valence-corrected chi connectivity index (χ1v) is 8.57. The van der Waals surface area contributed by atoms with Crippen LogP contribution in [0.3, 0.4) is 0 Å². The minimum atomic E-state index is -0.834. The number of hydrogen-bond acceptors (Lipinski definition) is 6. The summed E-state index contributed by atoms with van der Waals surface area (Å²) in [6.45, 7) is 4.29. The monoisotopic (exact) mass is 393 g/mol. The molecule has 1 aromatic heterocycles. The molecule has 2 atom stereocenters. The first kappa shape index (κ1) is 20.9. The number of halogens is 1. The number of likely N-dealkylation sites (N-methyl/N-ethyl adjacent to an activating group) is 1. The fourth-order valence-electron chi connectivity index (χ4n) is 3.16. The van der Waals surface area contributed by atoms with Gasteiger partial charge in [-0.05, 0) is 32.0 Å². The summed E-state index contributed by atoms with van der Waals surface area (Å²) in [5, 5.41) is 9.29. The summed E-state index contributed by atoms with van der Waals surface area (Å²) in [6.07, 6.45) is 3.44. The zero-order valence-electron chi connectivity index (χ0n) is 15.4. The average Bonchev–Trinajstić information content (AvgIpc) is 3.00. The topological polar surface area (TPSA) is 84.8 Å². The van der Waals surface area contributed by atoms with E-state index in [9.17, 15) is 9.90 Å². The van der Waals surface area contributed by atoms with E-state index in [4.69, 9.17) is 9.47 Å². The summed E-state index contributed by atoms with van der Waals surface area (Å²) in [5.41, 5.74) is 2.20. The molecule has 1 fully saturated rings. The third-order valence-corrected chi connectivity index (χ3v) is 4.57. The number of carboxylic acid groups (broad SMARTS) is 1. The molecule has 1 N–H and O–H groups in total. The van der Waals surface area contributed by atoms with Gasteiger partial charge in [-0.15, -0.1) is 19.0 Å². The average molecular weight is 394 g/mol. The van der Waals surface area contributed by atoms with Crippen molar-refractivity contribution in [1.29, 1.82) is 0 Å². The SMILES string of the molecule is C=CCCc1nc2ccc(OC)cc2nc1O[C@@H]1C[C@@H](C(=O)O)N(C)C1.Cl. The van der Waals surface area contributed by atoms with Crippen molar-refractivity contribution in [3.8, 4) is 11.6 Å². The van der Waals surface area contributed by atoms with E-state index in [2.05, 4.69) is 16.5 Å². The van der Waals surface area contributed by atoms with E-state index in [0.29, 0.717) is 36.5 Å². The molecule has 7 nitrogen and oxygen atoms in total. The minimum absolute atomic E-state index is 0. The van der Waals surface area contributed by atoms with Gasteiger partial charge >= 0.3 is 5.97 Å². The number of likely N-dealkylation sites (tertiary alicyclic amines) is 1. The summed E-state index contributed by atoms with van der Waals surface area (Å²) >= 11 is 0. The molecule has 0 radical (unpaired) electrons. The Morgan fingerprint density at radius 1 is 1.41 bits per heavy atom. The molecule has 1 saturated heterocycles. The standard InChI is InChI=1S/C19H23N3O4.ClH/c1-4-5-6-15-18(26-13-10-17(19(23)24)22(2)11-13)21-16-9-12(25-3)7-8-14(16)20-15;/h4,7-9,13,17H,1,5-6,10-11H2,2-3H3,(H,23,24);1H/t13-,17+;/m1./s1. The van der Waals surface area contributed by atoms with Crippen LogP contribution in [0.4, 0.5) is 0 Å². The Balaban J connectivity index is 0.00000261. The van der Waals surface area contributed by atoms with Gasteiger partial charge in [0.15, 0.2) is 0 Å². The molecule has 0 amide bonds. The number of hydrogen-bond donors (Lipinski definition) is 1. The molecule has 0 aliphatic carbocycles. The zero-order valence-corrected chi connectivity index (χ0v) is 16.2. The number of ether oxygens (including phenoxy) is 2. The van der Waals surface area contributed by atoms with Gasteiger partial charge in [0, 0.05) is 19.0 Å². The third kappa shape index (κ3) is 4.67. The highest BCUT2D eigenvalue weighted by Gasteiger charge is 2.36. The van der Waals surface area contributed by atoms with E-state index in [1.54, 1.807) is 19.1 Å². The number of rotatable bonds is 7. The first-order valence-electron chi connectivity index (χ1n) is 8.57. The Kier molecular flexibility index (Phi) is 6.98. The van der Waals surface area contributed by atoms with Crippen LogP contribution in [0.15, 0.2) is 30.9 Å². The second kappa shape index (κ2) is 9.01. The third-order valence-electron chi connectivity index (χ3n) is 4.57. The number of carbonyl (C=O) groups is 1. The molecule has 146 valence electrons. The molecule has 1 aliphatic rings. The van der Waals surface area contributed by atoms with E-state index in [1.165, 1.54) is 0 Å². The van der Waals surface area contributed by atoms with Crippen molar-refractivity contribution in [3.05, 3.63) is 36.5 Å². The molecule has 0 unspecified atom stereocenters. The van der Waals surface area contributed by atoms with E-state index in [-0.39, 0.29) is 18.5 Å². The molecule has 1 aromatic carbocycles. The van der Waals surface area contributed by atoms with Crippen LogP contribution in [0.25, 0.3) is 11.0 Å². The van der Waals surface area contributed by atoms with E-state index in [1.807, 2.05) is 24.3 Å². The van der Waals surface area contributed by atoms with Crippen molar-refractivity contribution in [2.45, 2.75) is 31.4 Å². The van der Waals surface area contributed by atoms with Gasteiger partial charge in [-0.3, -0.25) is 9.69 Å². The van der Waals surface area contributed by atoms with Gasteiger partial charge in [0.2, 0.25) is 5.88 Å². The fraction of sp³-hybridized carbons (Fsp3) is 0.421. The molecule has 0 spiro atoms. The van der Waals surface area contributed by atoms with Crippen LogP contribution in [0.2, 0.25) is 0 Å². The maximum Gasteiger partial charge on any atom is 0.321 e. The van der Waals surface area contributed by atoms with E-state index >= 15 is 0 Å². The summed E-state index contributed by atoms with van der Waals surface area (Å²) in [6, 6.07) is 4.99. The van der Waals surface area contributed by atoms with Crippen molar-refractivity contribution in [1.82, 2.24) is 14.9 Å². The Bertz CT molecular complexity index is 830. The highest BCUT2D eigenvalue weighted by Crippen LogP contribution is 2.27. The minimum Gasteiger partial charge on any atom is -0.497 e. The van der Waals surface area contributed by atoms with Crippen LogP contribution in [-0.2, 0) is 11.2 Å². The number of aromatic nitrogens is 2. The molecule has 27 heavy (non-hydrogen) atoms. The van der Waals surface area contributed by atoms with Gasteiger partial charge in [0.1, 0.15) is 23.6 Å². The number of fused-ring (bicyclic) bond motifs is 1. The highest BCUT2D eigenvalue weighted by molar-refractivity contribution is 5.85. The fourth-order valence-corrected chi connectivity index (χ4v) is 3.16. The lowest BCUT2D eigenvalue weighted by molar-refractivity contribution is -0.141. The maximum absolute atomic E-state index is 11.3. The van der Waals surface area contributed by atoms with Gasteiger partial charge in [-0.2, -0.15) is 0 Å². The molecule has 2 aromatic rings. The Morgan fingerprint density at radius 3 is 2.81 bits per heavy atom. The molecular formula is C19H24ClN3O4. The normalized spacial score (nSPS) is 19.5. The molecule has 8 heteroatoms. The lowest BCUT2D eigenvalue weighted by Crippen LogP contribution is -2.32. The molecule has 2 heterocycles. The van der Waals surface area contributed by atoms with Crippen LogP contribution in [0.1, 0.15) is 18.5 Å². The van der Waals surface area contributed by atoms with Crippen LogP contribution in [0.5, 0.6) is 11.6 Å². The number of carboxylic acids is 1. The van der Waals surface area contributed by atoms with Crippen LogP contribution in [0, 0.1) is 0 Å².